The Bertz CT molecular complexity index is 1130. The molecule has 1 fully saturated rings. The maximum absolute atomic E-state index is 13.5. The van der Waals surface area contributed by atoms with Crippen LogP contribution < -0.4 is 0 Å². The topological polar surface area (TPSA) is 66.3 Å². The van der Waals surface area contributed by atoms with Gasteiger partial charge < -0.3 is 5.11 Å². The maximum atomic E-state index is 13.5. The van der Waals surface area contributed by atoms with E-state index in [2.05, 4.69) is 9.97 Å². The molecular formula is C23H19Cl2F2N3O2. The molecule has 1 saturated heterocycles. The SMILES string of the molecule is O=C(O)c1nc(-c2ccc(Cl)cc2)c(-c2ccc(Cl)cc2)nc1CN1CCC(F)(F)CC1. The zero-order chi connectivity index (χ0) is 22.9. The smallest absolute Gasteiger partial charge is 0.356 e. The molecule has 2 aromatic carbocycles. The standard InChI is InChI=1S/C23H19Cl2F2N3O2/c24-16-5-1-14(2-6-16)19-20(15-3-7-17(25)8-4-15)29-21(22(31)32)18(28-19)13-30-11-9-23(26,27)10-12-30/h1-8H,9-13H2,(H,31,32). The zero-order valence-electron chi connectivity index (χ0n) is 16.9. The minimum Gasteiger partial charge on any atom is -0.476 e. The number of halogens is 4. The van der Waals surface area contributed by atoms with E-state index in [4.69, 9.17) is 23.2 Å². The normalized spacial score (nSPS) is 16.1. The van der Waals surface area contributed by atoms with Gasteiger partial charge in [-0.05, 0) is 24.3 Å². The Labute approximate surface area is 193 Å². The lowest BCUT2D eigenvalue weighted by Crippen LogP contribution is -2.39. The van der Waals surface area contributed by atoms with Crippen molar-refractivity contribution in [2.24, 2.45) is 0 Å². The van der Waals surface area contributed by atoms with E-state index in [9.17, 15) is 18.7 Å². The molecule has 0 bridgehead atoms. The van der Waals surface area contributed by atoms with Crippen LogP contribution in [0.25, 0.3) is 22.5 Å². The van der Waals surface area contributed by atoms with Crippen LogP contribution in [-0.4, -0.2) is 45.0 Å². The van der Waals surface area contributed by atoms with Gasteiger partial charge in [0, 0.05) is 53.6 Å². The summed E-state index contributed by atoms with van der Waals surface area (Å²) in [5, 5.41) is 10.9. The summed E-state index contributed by atoms with van der Waals surface area (Å²) in [6.07, 6.45) is -0.536. The molecule has 9 heteroatoms. The van der Waals surface area contributed by atoms with Crippen LogP contribution in [0.4, 0.5) is 8.78 Å². The van der Waals surface area contributed by atoms with Crippen LogP contribution in [0.2, 0.25) is 10.0 Å². The first-order valence-electron chi connectivity index (χ1n) is 9.98. The van der Waals surface area contributed by atoms with Crippen molar-refractivity contribution in [3.05, 3.63) is 70.0 Å². The van der Waals surface area contributed by atoms with Crippen LogP contribution in [-0.2, 0) is 6.54 Å². The van der Waals surface area contributed by atoms with Gasteiger partial charge in [0.15, 0.2) is 5.69 Å². The number of nitrogens with zero attached hydrogens (tertiary/aromatic N) is 3. The minimum absolute atomic E-state index is 0.117. The number of benzene rings is 2. The van der Waals surface area contributed by atoms with Gasteiger partial charge in [-0.1, -0.05) is 47.5 Å². The monoisotopic (exact) mass is 477 g/mol. The number of likely N-dealkylation sites (tertiary alicyclic amines) is 1. The molecule has 0 atom stereocenters. The molecule has 0 radical (unpaired) electrons. The van der Waals surface area contributed by atoms with Gasteiger partial charge in [0.05, 0.1) is 17.1 Å². The summed E-state index contributed by atoms with van der Waals surface area (Å²) >= 11 is 12.0. The molecule has 0 saturated carbocycles. The average Bonchev–Trinajstić information content (AvgIpc) is 2.76. The highest BCUT2D eigenvalue weighted by Gasteiger charge is 2.34. The Morgan fingerprint density at radius 3 is 1.84 bits per heavy atom. The van der Waals surface area contributed by atoms with Crippen molar-refractivity contribution in [3.8, 4) is 22.5 Å². The van der Waals surface area contributed by atoms with Gasteiger partial charge >= 0.3 is 5.97 Å². The maximum Gasteiger partial charge on any atom is 0.356 e. The fourth-order valence-electron chi connectivity index (χ4n) is 3.62. The first kappa shape index (κ1) is 22.6. The van der Waals surface area contributed by atoms with Crippen molar-refractivity contribution in [2.75, 3.05) is 13.1 Å². The second-order valence-corrected chi connectivity index (χ2v) is 8.54. The Morgan fingerprint density at radius 2 is 1.38 bits per heavy atom. The van der Waals surface area contributed by atoms with Crippen LogP contribution in [0, 0.1) is 0 Å². The Hall–Kier alpha value is -2.61. The summed E-state index contributed by atoms with van der Waals surface area (Å²) in [7, 11) is 0. The van der Waals surface area contributed by atoms with Crippen molar-refractivity contribution >= 4 is 29.2 Å². The van der Waals surface area contributed by atoms with Gasteiger partial charge in [0.1, 0.15) is 0 Å². The Morgan fingerprint density at radius 1 is 0.906 bits per heavy atom. The number of piperidine rings is 1. The summed E-state index contributed by atoms with van der Waals surface area (Å²) in [5.41, 5.74) is 2.24. The molecule has 1 aliphatic heterocycles. The molecule has 32 heavy (non-hydrogen) atoms. The van der Waals surface area contributed by atoms with Crippen LogP contribution in [0.3, 0.4) is 0 Å². The van der Waals surface area contributed by atoms with Crippen molar-refractivity contribution in [3.63, 3.8) is 0 Å². The molecular weight excluding hydrogens is 459 g/mol. The fraction of sp³-hybridized carbons (Fsp3) is 0.261. The highest BCUT2D eigenvalue weighted by molar-refractivity contribution is 6.31. The Kier molecular flexibility index (Phi) is 6.42. The summed E-state index contributed by atoms with van der Waals surface area (Å²) in [6.45, 7) is 0.429. The van der Waals surface area contributed by atoms with E-state index < -0.39 is 11.9 Å². The van der Waals surface area contributed by atoms with E-state index in [1.165, 1.54) is 0 Å². The quantitative estimate of drug-likeness (QED) is 0.484. The third-order valence-corrected chi connectivity index (χ3v) is 5.87. The highest BCUT2D eigenvalue weighted by Crippen LogP contribution is 2.33. The number of hydrogen-bond donors (Lipinski definition) is 1. The molecule has 0 unspecified atom stereocenters. The van der Waals surface area contributed by atoms with E-state index in [-0.39, 0.29) is 43.9 Å². The number of rotatable bonds is 5. The molecule has 5 nitrogen and oxygen atoms in total. The fourth-order valence-corrected chi connectivity index (χ4v) is 3.87. The molecule has 4 rings (SSSR count). The lowest BCUT2D eigenvalue weighted by atomic mass is 10.0. The zero-order valence-corrected chi connectivity index (χ0v) is 18.4. The summed E-state index contributed by atoms with van der Waals surface area (Å²) in [6, 6.07) is 13.8. The van der Waals surface area contributed by atoms with Gasteiger partial charge in [-0.15, -0.1) is 0 Å². The molecule has 0 spiro atoms. The van der Waals surface area contributed by atoms with E-state index >= 15 is 0 Å². The van der Waals surface area contributed by atoms with Crippen LogP contribution >= 0.6 is 23.2 Å². The van der Waals surface area contributed by atoms with Crippen molar-refractivity contribution in [1.29, 1.82) is 0 Å². The van der Waals surface area contributed by atoms with Crippen molar-refractivity contribution in [1.82, 2.24) is 14.9 Å². The first-order valence-corrected chi connectivity index (χ1v) is 10.7. The van der Waals surface area contributed by atoms with Gasteiger partial charge in [-0.3, -0.25) is 4.90 Å². The van der Waals surface area contributed by atoms with E-state index in [0.29, 0.717) is 32.6 Å². The largest absolute Gasteiger partial charge is 0.476 e. The van der Waals surface area contributed by atoms with E-state index in [1.807, 2.05) is 0 Å². The summed E-state index contributed by atoms with van der Waals surface area (Å²) in [5.74, 6) is -3.92. The lowest BCUT2D eigenvalue weighted by Gasteiger charge is -2.31. The van der Waals surface area contributed by atoms with Gasteiger partial charge in [0.25, 0.3) is 5.92 Å². The first-order chi connectivity index (χ1) is 15.2. The Balaban J connectivity index is 1.81. The van der Waals surface area contributed by atoms with Gasteiger partial charge in [0.2, 0.25) is 0 Å². The third-order valence-electron chi connectivity index (χ3n) is 5.37. The molecule has 0 amide bonds. The number of carbonyl (C=O) groups is 1. The van der Waals surface area contributed by atoms with Crippen LogP contribution in [0.5, 0.6) is 0 Å². The lowest BCUT2D eigenvalue weighted by molar-refractivity contribution is -0.0569. The average molecular weight is 478 g/mol. The molecule has 2 heterocycles. The number of aromatic carboxylic acids is 1. The summed E-state index contributed by atoms with van der Waals surface area (Å²) < 4.78 is 27.1. The molecule has 1 N–H and O–H groups in total. The predicted octanol–water partition coefficient (Wildman–Crippen LogP) is 6.05. The van der Waals surface area contributed by atoms with Gasteiger partial charge in [-0.2, -0.15) is 0 Å². The van der Waals surface area contributed by atoms with Gasteiger partial charge in [-0.25, -0.2) is 23.5 Å². The number of alkyl halides is 2. The summed E-state index contributed by atoms with van der Waals surface area (Å²) in [4.78, 5) is 22.9. The predicted molar refractivity (Wildman–Crippen MR) is 119 cm³/mol. The molecule has 0 aliphatic carbocycles. The molecule has 3 aromatic rings. The molecule has 1 aliphatic rings. The molecule has 1 aromatic heterocycles. The number of hydrogen-bond acceptors (Lipinski definition) is 4. The van der Waals surface area contributed by atoms with Crippen LogP contribution in [0.1, 0.15) is 29.0 Å². The van der Waals surface area contributed by atoms with Crippen molar-refractivity contribution < 1.29 is 18.7 Å². The van der Waals surface area contributed by atoms with Crippen molar-refractivity contribution in [2.45, 2.75) is 25.3 Å². The number of carboxylic acids is 1. The highest BCUT2D eigenvalue weighted by atomic mass is 35.5. The third kappa shape index (κ3) is 5.06. The number of aromatic nitrogens is 2. The van der Waals surface area contributed by atoms with E-state index in [0.717, 1.165) is 0 Å². The van der Waals surface area contributed by atoms with Crippen LogP contribution in [0.15, 0.2) is 48.5 Å². The second-order valence-electron chi connectivity index (χ2n) is 7.67. The number of carboxylic acid groups (broad SMARTS) is 1. The molecule has 166 valence electrons. The second kappa shape index (κ2) is 9.10. The van der Waals surface area contributed by atoms with E-state index in [1.54, 1.807) is 53.4 Å². The minimum atomic E-state index is -2.69.